The van der Waals surface area contributed by atoms with Crippen LogP contribution in [0, 0.1) is 33.6 Å². The Labute approximate surface area is 597 Å². The van der Waals surface area contributed by atoms with Gasteiger partial charge in [0.15, 0.2) is 11.5 Å². The number of nitrogens with zero attached hydrogens (tertiary/aromatic N) is 4. The first-order valence-corrected chi connectivity index (χ1v) is 35.2. The van der Waals surface area contributed by atoms with E-state index in [2.05, 4.69) is 212 Å². The van der Waals surface area contributed by atoms with Crippen molar-refractivity contribution in [1.29, 1.82) is 0 Å². The number of phenols is 1. The fourth-order valence-corrected chi connectivity index (χ4v) is 14.9. The number of aryl methyl sites for hydroxylation is 3. The van der Waals surface area contributed by atoms with Gasteiger partial charge < -0.3 is 72.9 Å². The molecule has 2 bridgehead atoms. The Morgan fingerprint density at radius 2 is 1.01 bits per heavy atom. The van der Waals surface area contributed by atoms with Gasteiger partial charge in [0.1, 0.15) is 47.3 Å². The van der Waals surface area contributed by atoms with E-state index in [1.807, 2.05) is 42.5 Å². The summed E-state index contributed by atoms with van der Waals surface area (Å²) in [6.45, 7) is 18.0. The molecule has 3 fully saturated rings. The Balaban J connectivity index is 0.000000203. The maximum atomic E-state index is 12.8. The summed E-state index contributed by atoms with van der Waals surface area (Å²) < 4.78 is 25.7. The number of aromatic hydroxyl groups is 1. The zero-order chi connectivity index (χ0) is 64.7. The second-order valence-corrected chi connectivity index (χ2v) is 27.9. The maximum Gasteiger partial charge on any atom is 2.00 e. The smallest absolute Gasteiger partial charge is 1.00 e. The van der Waals surface area contributed by atoms with Crippen LogP contribution in [0.25, 0.3) is 0 Å². The number of aliphatic hydroxyl groups is 2. The third-order valence-corrected chi connectivity index (χ3v) is 20.6. The van der Waals surface area contributed by atoms with Gasteiger partial charge in [0.25, 0.3) is 0 Å². The molecule has 4 unspecified atom stereocenters. The molecule has 11 nitrogen and oxygen atoms in total. The summed E-state index contributed by atoms with van der Waals surface area (Å²) >= 11 is 3.49. The molecule has 0 aromatic heterocycles. The van der Waals surface area contributed by atoms with E-state index >= 15 is 0 Å². The predicted octanol–water partition coefficient (Wildman–Crippen LogP) is 12.4. The fraction of sp³-hybridized carbons (Fsp3) is 0.463. The van der Waals surface area contributed by atoms with Gasteiger partial charge in [-0.3, -0.25) is 4.90 Å². The van der Waals surface area contributed by atoms with Gasteiger partial charge in [-0.15, -0.1) is 0 Å². The number of rotatable bonds is 29. The van der Waals surface area contributed by atoms with E-state index < -0.39 is 22.7 Å². The van der Waals surface area contributed by atoms with Crippen molar-refractivity contribution in [3.05, 3.63) is 227 Å². The minimum atomic E-state index is -1.09. The van der Waals surface area contributed by atoms with E-state index in [-0.39, 0.29) is 70.1 Å². The van der Waals surface area contributed by atoms with Crippen molar-refractivity contribution in [1.82, 2.24) is 19.6 Å². The molecule has 7 aromatic carbocycles. The van der Waals surface area contributed by atoms with Gasteiger partial charge in [-0.2, -0.15) is 6.42 Å². The van der Waals surface area contributed by atoms with E-state index in [9.17, 15) is 15.3 Å². The maximum absolute atomic E-state index is 12.8. The van der Waals surface area contributed by atoms with Gasteiger partial charge in [0.05, 0.1) is 11.0 Å². The molecule has 500 valence electrons. The second-order valence-electron chi connectivity index (χ2n) is 27.1. The summed E-state index contributed by atoms with van der Waals surface area (Å²) in [4.78, 5) is 9.55. The van der Waals surface area contributed by atoms with E-state index in [0.717, 1.165) is 131 Å². The van der Waals surface area contributed by atoms with Crippen LogP contribution >= 0.6 is 15.9 Å². The fourth-order valence-electron chi connectivity index (χ4n) is 14.7. The molecule has 8 atom stereocenters. The summed E-state index contributed by atoms with van der Waals surface area (Å²) in [6, 6.07) is 60.0. The molecule has 14 heteroatoms. The Hall–Kier alpha value is -4.97. The molecule has 0 amide bonds. The van der Waals surface area contributed by atoms with Crippen molar-refractivity contribution in [2.45, 2.75) is 151 Å². The van der Waals surface area contributed by atoms with Crippen molar-refractivity contribution in [3.8, 4) is 28.7 Å². The molecule has 7 aromatic rings. The molecular weight excluding hydrogens is 1310 g/mol. The molecule has 94 heavy (non-hydrogen) atoms. The predicted molar refractivity (Wildman–Crippen MR) is 382 cm³/mol. The normalized spacial score (nSPS) is 21.6. The van der Waals surface area contributed by atoms with Crippen molar-refractivity contribution >= 4 is 39.0 Å². The Morgan fingerprint density at radius 3 is 1.44 bits per heavy atom. The molecule has 12 rings (SSSR count). The third-order valence-electron chi connectivity index (χ3n) is 20.0. The van der Waals surface area contributed by atoms with E-state index in [1.54, 1.807) is 6.07 Å². The van der Waals surface area contributed by atoms with Crippen molar-refractivity contribution in [2.75, 3.05) is 78.8 Å². The van der Waals surface area contributed by atoms with Crippen LogP contribution in [0.5, 0.6) is 28.7 Å². The number of halogens is 2. The topological polar surface area (TPSA) is 111 Å². The molecule has 3 aliphatic carbocycles. The molecule has 3 N–H and O–H groups in total. The minimum absolute atomic E-state index is 0. The first-order chi connectivity index (χ1) is 44.6. The number of hydrogen-bond donors (Lipinski definition) is 3. The number of likely N-dealkylation sites (tertiary alicyclic amines) is 1. The van der Waals surface area contributed by atoms with Crippen LogP contribution in [0.15, 0.2) is 176 Å². The van der Waals surface area contributed by atoms with Gasteiger partial charge in [0.2, 0.25) is 0 Å². The number of alkyl halides is 1. The Kier molecular flexibility index (Phi) is 28.3. The molecule has 0 radical (unpaired) electrons. The van der Waals surface area contributed by atoms with Crippen LogP contribution in [-0.2, 0) is 11.8 Å². The van der Waals surface area contributed by atoms with Crippen LogP contribution in [0.2, 0.25) is 0 Å². The molecule has 2 heterocycles. The SMILES string of the molecule is Cc1ccc(OC(CCN(C)CCCBr)c2ccccc2)cc1.Cc1ccc(OC(CCN(C)CCC[C@]2(O)CC[C@@]3(O)[C@H]4Cc5ccc(O)c6c5[C@@]3(CCN4CC3CC3)C2O6)c2ccccc2)cc1.[Br-].[CH2-]CCN(C)CCC(Oc1ccc(C)cc1)c1ccccc1.[Mg+2]. The number of hydrogen-bond acceptors (Lipinski definition) is 11. The standard InChI is InChI=1S/C40H50N2O5.C20H26BrNO.C20H26NO.BrH.Mg/c1-27-9-14-31(15-10-27)46-33(29-7-4-3-5-8-29)17-23-41(2)22-6-18-38(44)19-20-40(45)34-25-30-13-16-32(43)36-35(30)39(40,37(38)47-36)21-24-42(34)26-28-11-12-28;1-17-9-11-19(12-10-17)23-20(18-7-4-3-5-8-18)13-16-22(2)15-6-14-21;1-4-15-21(3)16-14-20(18-8-6-5-7-9-18)22-19-12-10-17(2)11-13-19;;/h3-5,7-10,13-16,28,33-34,37,43-45H,6,11-12,17-26H2,1-2H3;3-5,7-12,20H,6,13-16H2,1-2H3;5-13,20H,1,4,14-16H2,2-3H3;1H;/q;;-1;;+2/p-1/t33?,34-,37?,38+,39+,40-;;;;/m1..../s1. The van der Waals surface area contributed by atoms with Gasteiger partial charge in [-0.25, -0.2) is 0 Å². The monoisotopic (exact) mass is 1410 g/mol. The molecule has 1 saturated heterocycles. The van der Waals surface area contributed by atoms with Crippen molar-refractivity contribution < 1.29 is 51.2 Å². The summed E-state index contributed by atoms with van der Waals surface area (Å²) in [5.74, 6) is 4.11. The number of benzene rings is 7. The van der Waals surface area contributed by atoms with Crippen molar-refractivity contribution in [3.63, 3.8) is 0 Å². The van der Waals surface area contributed by atoms with E-state index in [4.69, 9.17) is 18.9 Å². The van der Waals surface area contributed by atoms with Crippen molar-refractivity contribution in [2.24, 2.45) is 5.92 Å². The number of phenolic OH excluding ortho intramolecular Hbond substituents is 1. The summed E-state index contributed by atoms with van der Waals surface area (Å²) in [5.41, 5.74) is 6.72. The largest absolute Gasteiger partial charge is 2.00 e. The summed E-state index contributed by atoms with van der Waals surface area (Å²) in [6.07, 6.45) is 11.0. The van der Waals surface area contributed by atoms with Crippen LogP contribution in [0.4, 0.5) is 0 Å². The number of ether oxygens (including phenoxy) is 4. The third kappa shape index (κ3) is 19.0. The second kappa shape index (κ2) is 35.5. The average Bonchev–Trinajstić information content (AvgIpc) is 1.36. The van der Waals surface area contributed by atoms with Gasteiger partial charge in [-0.05, 0) is 197 Å². The van der Waals surface area contributed by atoms with Crippen LogP contribution in [0.1, 0.15) is 140 Å². The zero-order valence-corrected chi connectivity index (χ0v) is 61.3. The van der Waals surface area contributed by atoms with Crippen LogP contribution < -0.4 is 35.9 Å². The first-order valence-electron chi connectivity index (χ1n) is 34.0. The molecule has 5 aliphatic rings. The summed E-state index contributed by atoms with van der Waals surface area (Å²) in [7, 11) is 6.46. The van der Waals surface area contributed by atoms with E-state index in [1.165, 1.54) is 58.2 Å². The first kappa shape index (κ1) is 74.8. The van der Waals surface area contributed by atoms with Gasteiger partial charge >= 0.3 is 23.1 Å². The van der Waals surface area contributed by atoms with Gasteiger partial charge in [0, 0.05) is 62.4 Å². The summed E-state index contributed by atoms with van der Waals surface area (Å²) in [5, 5.41) is 37.2. The average molecular weight is 1420 g/mol. The zero-order valence-electron chi connectivity index (χ0n) is 56.7. The quantitative estimate of drug-likeness (QED) is 0.0237. The van der Waals surface area contributed by atoms with Gasteiger partial charge in [-0.1, -0.05) is 166 Å². The molecule has 2 aliphatic heterocycles. The Bertz CT molecular complexity index is 3350. The van der Waals surface area contributed by atoms with E-state index in [0.29, 0.717) is 25.0 Å². The molecule has 2 saturated carbocycles. The Morgan fingerprint density at radius 1 is 0.574 bits per heavy atom. The minimum Gasteiger partial charge on any atom is -1.00 e. The molecule has 1 spiro atoms. The van der Waals surface area contributed by atoms with Crippen LogP contribution in [0.3, 0.4) is 0 Å². The number of piperidine rings is 1. The van der Waals surface area contributed by atoms with Crippen LogP contribution in [-0.4, -0.2) is 160 Å². The molecular formula is C80H102Br2MgN4O7.